The number of aryl methyl sites for hydroxylation is 1. The van der Waals surface area contributed by atoms with Gasteiger partial charge < -0.3 is 9.67 Å². The summed E-state index contributed by atoms with van der Waals surface area (Å²) < 4.78 is 1.79. The Morgan fingerprint density at radius 2 is 2.09 bits per heavy atom. The molecule has 3 heterocycles. The number of aromatic nitrogens is 4. The predicted octanol–water partition coefficient (Wildman–Crippen LogP) is 3.19. The van der Waals surface area contributed by atoms with Crippen molar-refractivity contribution < 1.29 is 9.90 Å². The van der Waals surface area contributed by atoms with Gasteiger partial charge in [0.25, 0.3) is 0 Å². The van der Waals surface area contributed by atoms with E-state index in [0.29, 0.717) is 33.7 Å². The maximum absolute atomic E-state index is 11.1. The smallest absolute Gasteiger partial charge is 0.354 e. The molecule has 0 aliphatic rings. The van der Waals surface area contributed by atoms with Gasteiger partial charge in [0, 0.05) is 11.8 Å². The fourth-order valence-electron chi connectivity index (χ4n) is 2.15. The van der Waals surface area contributed by atoms with E-state index in [1.807, 2.05) is 6.92 Å². The number of nitrogens with zero attached hydrogens (tertiary/aromatic N) is 4. The third-order valence-corrected chi connectivity index (χ3v) is 3.79. The van der Waals surface area contributed by atoms with Gasteiger partial charge in [-0.2, -0.15) is 0 Å². The number of aromatic carboxylic acids is 1. The molecule has 0 spiro atoms. The molecule has 0 unspecified atom stereocenters. The first-order chi connectivity index (χ1) is 10.5. The van der Waals surface area contributed by atoms with Gasteiger partial charge >= 0.3 is 5.97 Å². The molecular weight excluding hydrogens is 327 g/mol. The summed E-state index contributed by atoms with van der Waals surface area (Å²) in [6.07, 6.45) is 1.58. The molecule has 0 fully saturated rings. The van der Waals surface area contributed by atoms with Crippen LogP contribution in [-0.4, -0.2) is 30.6 Å². The van der Waals surface area contributed by atoms with Crippen molar-refractivity contribution in [2.24, 2.45) is 0 Å². The molecule has 112 valence electrons. The van der Waals surface area contributed by atoms with Gasteiger partial charge in [-0.05, 0) is 25.1 Å². The van der Waals surface area contributed by atoms with E-state index in [2.05, 4.69) is 15.0 Å². The molecule has 0 radical (unpaired) electrons. The SMILES string of the molecule is Cc1nc2ccc(C(=O)O)nc2n1Cc1cnc(Cl)cc1Cl. The van der Waals surface area contributed by atoms with Gasteiger partial charge in [0.1, 0.15) is 16.5 Å². The normalized spacial score (nSPS) is 11.0. The Labute approximate surface area is 135 Å². The molecule has 22 heavy (non-hydrogen) atoms. The highest BCUT2D eigenvalue weighted by Crippen LogP contribution is 2.22. The molecule has 0 saturated carbocycles. The van der Waals surface area contributed by atoms with Crippen molar-refractivity contribution in [3.05, 3.63) is 51.7 Å². The van der Waals surface area contributed by atoms with Gasteiger partial charge in [-0.25, -0.2) is 19.7 Å². The van der Waals surface area contributed by atoms with Gasteiger partial charge in [0.2, 0.25) is 0 Å². The van der Waals surface area contributed by atoms with E-state index < -0.39 is 5.97 Å². The minimum absolute atomic E-state index is 0.0334. The average molecular weight is 337 g/mol. The van der Waals surface area contributed by atoms with Crippen LogP contribution in [0.25, 0.3) is 11.2 Å². The van der Waals surface area contributed by atoms with Crippen molar-refractivity contribution in [3.8, 4) is 0 Å². The van der Waals surface area contributed by atoms with E-state index in [-0.39, 0.29) is 5.69 Å². The lowest BCUT2D eigenvalue weighted by Gasteiger charge is -2.08. The Morgan fingerprint density at radius 3 is 2.77 bits per heavy atom. The summed E-state index contributed by atoms with van der Waals surface area (Å²) in [6.45, 7) is 2.20. The maximum Gasteiger partial charge on any atom is 0.354 e. The molecule has 1 N–H and O–H groups in total. The monoisotopic (exact) mass is 336 g/mol. The van der Waals surface area contributed by atoms with Crippen LogP contribution in [0.3, 0.4) is 0 Å². The summed E-state index contributed by atoms with van der Waals surface area (Å²) in [6, 6.07) is 4.62. The second-order valence-electron chi connectivity index (χ2n) is 4.69. The van der Waals surface area contributed by atoms with Crippen molar-refractivity contribution in [2.45, 2.75) is 13.5 Å². The van der Waals surface area contributed by atoms with Crippen molar-refractivity contribution in [3.63, 3.8) is 0 Å². The van der Waals surface area contributed by atoms with E-state index in [1.54, 1.807) is 22.9 Å². The zero-order valence-corrected chi connectivity index (χ0v) is 12.9. The van der Waals surface area contributed by atoms with Gasteiger partial charge in [0.05, 0.1) is 11.6 Å². The minimum atomic E-state index is -1.08. The van der Waals surface area contributed by atoms with Gasteiger partial charge in [-0.1, -0.05) is 23.2 Å². The Balaban J connectivity index is 2.11. The number of carboxylic acids is 1. The van der Waals surface area contributed by atoms with Crippen LogP contribution in [0.1, 0.15) is 21.9 Å². The molecule has 8 heteroatoms. The zero-order chi connectivity index (χ0) is 15.9. The van der Waals surface area contributed by atoms with Gasteiger partial charge in [0.15, 0.2) is 11.3 Å². The molecule has 0 amide bonds. The standard InChI is InChI=1S/C14H10Cl2N4O2/c1-7-18-10-2-3-11(14(21)22)19-13(10)20(7)6-8-5-17-12(16)4-9(8)15/h2-5H,6H2,1H3,(H,21,22). The lowest BCUT2D eigenvalue weighted by molar-refractivity contribution is 0.0691. The first kappa shape index (κ1) is 14.7. The number of halogens is 2. The quantitative estimate of drug-likeness (QED) is 0.743. The highest BCUT2D eigenvalue weighted by atomic mass is 35.5. The van der Waals surface area contributed by atoms with Crippen LogP contribution < -0.4 is 0 Å². The minimum Gasteiger partial charge on any atom is -0.477 e. The van der Waals surface area contributed by atoms with Crippen molar-refractivity contribution in [1.29, 1.82) is 0 Å². The average Bonchev–Trinajstić information content (AvgIpc) is 2.77. The number of hydrogen-bond donors (Lipinski definition) is 1. The Morgan fingerprint density at radius 1 is 1.32 bits per heavy atom. The Bertz CT molecular complexity index is 892. The van der Waals surface area contributed by atoms with Crippen LogP contribution in [0.4, 0.5) is 0 Å². The first-order valence-electron chi connectivity index (χ1n) is 6.33. The molecule has 0 saturated heterocycles. The van der Waals surface area contributed by atoms with E-state index in [0.717, 1.165) is 5.56 Å². The van der Waals surface area contributed by atoms with Gasteiger partial charge in [-0.3, -0.25) is 0 Å². The second-order valence-corrected chi connectivity index (χ2v) is 5.48. The summed E-state index contributed by atoms with van der Waals surface area (Å²) in [4.78, 5) is 23.6. The highest BCUT2D eigenvalue weighted by molar-refractivity contribution is 6.34. The Hall–Kier alpha value is -2.18. The molecule has 0 aliphatic heterocycles. The third-order valence-electron chi connectivity index (χ3n) is 3.23. The van der Waals surface area contributed by atoms with Crippen LogP contribution in [0.15, 0.2) is 24.4 Å². The molecule has 0 aliphatic carbocycles. The van der Waals surface area contributed by atoms with Crippen molar-refractivity contribution >= 4 is 40.3 Å². The zero-order valence-electron chi connectivity index (χ0n) is 11.4. The summed E-state index contributed by atoms with van der Waals surface area (Å²) in [5.41, 5.74) is 1.83. The molecule has 3 rings (SSSR count). The molecular formula is C14H10Cl2N4O2. The van der Waals surface area contributed by atoms with Crippen LogP contribution in [0.2, 0.25) is 10.2 Å². The van der Waals surface area contributed by atoms with Crippen LogP contribution >= 0.6 is 23.2 Å². The number of imidazole rings is 1. The Kier molecular flexibility index (Phi) is 3.72. The lowest BCUT2D eigenvalue weighted by atomic mass is 10.3. The number of pyridine rings is 2. The molecule has 0 atom stereocenters. The first-order valence-corrected chi connectivity index (χ1v) is 7.08. The lowest BCUT2D eigenvalue weighted by Crippen LogP contribution is -2.06. The number of carbonyl (C=O) groups is 1. The predicted molar refractivity (Wildman–Crippen MR) is 82.6 cm³/mol. The summed E-state index contributed by atoms with van der Waals surface area (Å²) in [5, 5.41) is 9.86. The van der Waals surface area contributed by atoms with Crippen molar-refractivity contribution in [2.75, 3.05) is 0 Å². The largest absolute Gasteiger partial charge is 0.477 e. The van der Waals surface area contributed by atoms with E-state index in [4.69, 9.17) is 28.3 Å². The van der Waals surface area contributed by atoms with E-state index in [9.17, 15) is 4.79 Å². The van der Waals surface area contributed by atoms with Crippen LogP contribution in [-0.2, 0) is 6.54 Å². The molecule has 0 bridgehead atoms. The second kappa shape index (κ2) is 5.55. The van der Waals surface area contributed by atoms with E-state index in [1.165, 1.54) is 6.07 Å². The molecule has 0 aromatic carbocycles. The summed E-state index contributed by atoms with van der Waals surface area (Å²) >= 11 is 11.9. The highest BCUT2D eigenvalue weighted by Gasteiger charge is 2.14. The number of carboxylic acid groups (broad SMARTS) is 1. The third kappa shape index (κ3) is 2.63. The van der Waals surface area contributed by atoms with Crippen LogP contribution in [0, 0.1) is 6.92 Å². The maximum atomic E-state index is 11.1. The molecule has 3 aromatic rings. The van der Waals surface area contributed by atoms with E-state index >= 15 is 0 Å². The van der Waals surface area contributed by atoms with Crippen LogP contribution in [0.5, 0.6) is 0 Å². The number of hydrogen-bond acceptors (Lipinski definition) is 4. The fraction of sp³-hybridized carbons (Fsp3) is 0.143. The number of rotatable bonds is 3. The van der Waals surface area contributed by atoms with Crippen molar-refractivity contribution in [1.82, 2.24) is 19.5 Å². The molecule has 6 nitrogen and oxygen atoms in total. The summed E-state index contributed by atoms with van der Waals surface area (Å²) in [7, 11) is 0. The number of fused-ring (bicyclic) bond motifs is 1. The summed E-state index contributed by atoms with van der Waals surface area (Å²) in [5.74, 6) is -0.380. The topological polar surface area (TPSA) is 80.9 Å². The van der Waals surface area contributed by atoms with Gasteiger partial charge in [-0.15, -0.1) is 0 Å². The fourth-order valence-corrected chi connectivity index (χ4v) is 2.57. The molecule has 3 aromatic heterocycles.